The van der Waals surface area contributed by atoms with Crippen LogP contribution in [0.4, 0.5) is 0 Å². The highest BCUT2D eigenvalue weighted by molar-refractivity contribution is 4.89. The zero-order valence-electron chi connectivity index (χ0n) is 6.85. The van der Waals surface area contributed by atoms with Crippen LogP contribution < -0.4 is 0 Å². The summed E-state index contributed by atoms with van der Waals surface area (Å²) in [4.78, 5) is 0. The maximum Gasteiger partial charge on any atom is 0.134 e. The van der Waals surface area contributed by atoms with Gasteiger partial charge in [-0.05, 0) is 19.4 Å². The molecule has 0 spiro atoms. The monoisotopic (exact) mass is 140 g/mol. The van der Waals surface area contributed by atoms with E-state index in [0.29, 0.717) is 5.76 Å². The van der Waals surface area contributed by atoms with Crippen LogP contribution in [0.15, 0.2) is 17.6 Å². The number of aliphatic hydroxyl groups is 1. The van der Waals surface area contributed by atoms with Crippen LogP contribution in [0.2, 0.25) is 0 Å². The third-order valence-electron chi connectivity index (χ3n) is 1.33. The number of aliphatic hydroxyl groups excluding tert-OH is 1. The van der Waals surface area contributed by atoms with Crippen LogP contribution in [-0.4, -0.2) is 5.11 Å². The van der Waals surface area contributed by atoms with Crippen molar-refractivity contribution in [3.8, 4) is 0 Å². The van der Waals surface area contributed by atoms with Crippen molar-refractivity contribution < 1.29 is 5.11 Å². The van der Waals surface area contributed by atoms with Gasteiger partial charge in [-0.2, -0.15) is 0 Å². The fourth-order valence-electron chi connectivity index (χ4n) is 0.781. The van der Waals surface area contributed by atoms with Crippen LogP contribution in [0.5, 0.6) is 0 Å². The van der Waals surface area contributed by atoms with Crippen molar-refractivity contribution in [2.45, 2.75) is 39.5 Å². The van der Waals surface area contributed by atoms with Gasteiger partial charge in [0.1, 0.15) is 5.76 Å². The molecule has 0 aromatic heterocycles. The second-order valence-electron chi connectivity index (χ2n) is 2.34. The molecule has 58 valence electrons. The number of unbranched alkanes of at least 4 members (excludes halogenated alkanes) is 2. The smallest absolute Gasteiger partial charge is 0.134 e. The molecule has 0 saturated heterocycles. The molecule has 0 radical (unpaired) electrons. The highest BCUT2D eigenvalue weighted by Crippen LogP contribution is 2.03. The topological polar surface area (TPSA) is 20.2 Å². The minimum atomic E-state index is 0.385. The van der Waals surface area contributed by atoms with Crippen molar-refractivity contribution in [3.63, 3.8) is 0 Å². The summed E-state index contributed by atoms with van der Waals surface area (Å²) in [6, 6.07) is 0. The van der Waals surface area contributed by atoms with E-state index < -0.39 is 0 Å². The second-order valence-corrected chi connectivity index (χ2v) is 2.34. The molecule has 1 nitrogen and oxygen atoms in total. The van der Waals surface area contributed by atoms with Gasteiger partial charge in [-0.3, -0.25) is 0 Å². The Kier molecular flexibility index (Phi) is 6.00. The molecule has 0 bridgehead atoms. The van der Waals surface area contributed by atoms with E-state index in [-0.39, 0.29) is 0 Å². The zero-order chi connectivity index (χ0) is 7.82. The van der Waals surface area contributed by atoms with E-state index in [1.807, 2.05) is 6.92 Å². The molecule has 0 heterocycles. The lowest BCUT2D eigenvalue weighted by Crippen LogP contribution is -1.79. The average Bonchev–Trinajstić information content (AvgIpc) is 1.89. The molecule has 0 atom stereocenters. The van der Waals surface area contributed by atoms with Crippen LogP contribution in [0.3, 0.4) is 0 Å². The first kappa shape index (κ1) is 9.32. The molecular weight excluding hydrogens is 124 g/mol. The van der Waals surface area contributed by atoms with E-state index >= 15 is 0 Å². The molecule has 0 fully saturated rings. The summed E-state index contributed by atoms with van der Waals surface area (Å²) in [6.07, 6.45) is 5.97. The Morgan fingerprint density at radius 2 is 2.20 bits per heavy atom. The first-order chi connectivity index (χ1) is 4.81. The Bertz CT molecular complexity index is 130. The average molecular weight is 140 g/mol. The molecule has 0 aromatic rings. The maximum absolute atomic E-state index is 9.05. The van der Waals surface area contributed by atoms with Crippen molar-refractivity contribution in [2.24, 2.45) is 0 Å². The molecule has 0 aliphatic heterocycles. The number of rotatable bonds is 4. The Balaban J connectivity index is 3.40. The predicted molar refractivity (Wildman–Crippen MR) is 44.0 cm³/mol. The summed E-state index contributed by atoms with van der Waals surface area (Å²) < 4.78 is 0. The van der Waals surface area contributed by atoms with Crippen molar-refractivity contribution in [2.75, 3.05) is 0 Å². The van der Waals surface area contributed by atoms with Crippen LogP contribution in [-0.2, 0) is 0 Å². The molecule has 0 unspecified atom stereocenters. The highest BCUT2D eigenvalue weighted by atomic mass is 16.3. The molecule has 10 heavy (non-hydrogen) atoms. The van der Waals surface area contributed by atoms with Gasteiger partial charge in [0.05, 0.1) is 0 Å². The fraction of sp³-hybridized carbons (Fsp3) is 0.667. The van der Waals surface area contributed by atoms with E-state index in [1.54, 1.807) is 6.08 Å². The molecule has 0 rings (SSSR count). The Morgan fingerprint density at radius 3 is 2.70 bits per heavy atom. The predicted octanol–water partition coefficient (Wildman–Crippen LogP) is 3.18. The maximum atomic E-state index is 9.05. The largest absolute Gasteiger partial charge is 0.505 e. The van der Waals surface area contributed by atoms with Gasteiger partial charge in [-0.25, -0.2) is 0 Å². The standard InChI is InChI=1S/C9H16O/c1-3-5-6-8-9(10)7-4-2/h4,10H,3,5-6,8H2,1-2H3. The van der Waals surface area contributed by atoms with Crippen molar-refractivity contribution in [1.82, 2.24) is 0 Å². The summed E-state index contributed by atoms with van der Waals surface area (Å²) in [5.74, 6) is 0.385. The van der Waals surface area contributed by atoms with Crippen LogP contribution >= 0.6 is 0 Å². The van der Waals surface area contributed by atoms with Crippen LogP contribution in [0, 0.1) is 0 Å². The Labute approximate surface area is 63.1 Å². The quantitative estimate of drug-likeness (QED) is 0.361. The summed E-state index contributed by atoms with van der Waals surface area (Å²) in [5, 5.41) is 9.05. The minimum absolute atomic E-state index is 0.385. The van der Waals surface area contributed by atoms with E-state index in [4.69, 9.17) is 5.11 Å². The minimum Gasteiger partial charge on any atom is -0.505 e. The molecule has 0 aliphatic carbocycles. The van der Waals surface area contributed by atoms with Crippen LogP contribution in [0.1, 0.15) is 39.5 Å². The van der Waals surface area contributed by atoms with Gasteiger partial charge in [-0.15, -0.1) is 0 Å². The second kappa shape index (κ2) is 6.44. The first-order valence-corrected chi connectivity index (χ1v) is 3.90. The normalized spacial score (nSPS) is 8.60. The van der Waals surface area contributed by atoms with Crippen LogP contribution in [0.25, 0.3) is 0 Å². The van der Waals surface area contributed by atoms with E-state index in [9.17, 15) is 0 Å². The Morgan fingerprint density at radius 1 is 1.50 bits per heavy atom. The molecule has 0 aliphatic rings. The van der Waals surface area contributed by atoms with Gasteiger partial charge in [0, 0.05) is 6.42 Å². The van der Waals surface area contributed by atoms with Gasteiger partial charge in [-0.1, -0.05) is 25.5 Å². The van der Waals surface area contributed by atoms with Gasteiger partial charge < -0.3 is 5.11 Å². The van der Waals surface area contributed by atoms with Crippen molar-refractivity contribution in [1.29, 1.82) is 0 Å². The molecule has 0 amide bonds. The van der Waals surface area contributed by atoms with E-state index in [0.717, 1.165) is 12.8 Å². The van der Waals surface area contributed by atoms with Gasteiger partial charge in [0.2, 0.25) is 0 Å². The Hall–Kier alpha value is -0.680. The lowest BCUT2D eigenvalue weighted by molar-refractivity contribution is 0.383. The van der Waals surface area contributed by atoms with Gasteiger partial charge in [0.25, 0.3) is 0 Å². The molecular formula is C9H16O. The number of allylic oxidation sites excluding steroid dienone is 1. The van der Waals surface area contributed by atoms with Crippen molar-refractivity contribution >= 4 is 0 Å². The molecule has 1 N–H and O–H groups in total. The summed E-state index contributed by atoms with van der Waals surface area (Å²) in [6.45, 7) is 4.01. The van der Waals surface area contributed by atoms with E-state index in [1.165, 1.54) is 12.8 Å². The molecule has 0 saturated carbocycles. The zero-order valence-corrected chi connectivity index (χ0v) is 6.85. The van der Waals surface area contributed by atoms with Gasteiger partial charge >= 0.3 is 0 Å². The third kappa shape index (κ3) is 5.46. The first-order valence-electron chi connectivity index (χ1n) is 3.90. The summed E-state index contributed by atoms with van der Waals surface area (Å²) in [5.41, 5.74) is 2.75. The number of hydrogen-bond acceptors (Lipinski definition) is 1. The summed E-state index contributed by atoms with van der Waals surface area (Å²) >= 11 is 0. The molecule has 1 heteroatoms. The van der Waals surface area contributed by atoms with Gasteiger partial charge in [0.15, 0.2) is 0 Å². The molecule has 0 aromatic carbocycles. The fourth-order valence-corrected chi connectivity index (χ4v) is 0.781. The van der Waals surface area contributed by atoms with E-state index in [2.05, 4.69) is 12.7 Å². The summed E-state index contributed by atoms with van der Waals surface area (Å²) in [7, 11) is 0. The number of hydrogen-bond donors (Lipinski definition) is 1. The van der Waals surface area contributed by atoms with Crippen molar-refractivity contribution in [3.05, 3.63) is 17.6 Å². The SMILES string of the molecule is CC=C=C(O)CCCCC. The highest BCUT2D eigenvalue weighted by Gasteiger charge is 1.89. The third-order valence-corrected chi connectivity index (χ3v) is 1.33. The lowest BCUT2D eigenvalue weighted by Gasteiger charge is -1.94. The lowest BCUT2D eigenvalue weighted by atomic mass is 10.2.